The van der Waals surface area contributed by atoms with E-state index >= 15 is 0 Å². The first kappa shape index (κ1) is 26.8. The minimum absolute atomic E-state index is 0.0858. The third kappa shape index (κ3) is 5.24. The lowest BCUT2D eigenvalue weighted by Crippen LogP contribution is -2.55. The average Bonchev–Trinajstić information content (AvgIpc) is 2.93. The fourth-order valence-corrected chi connectivity index (χ4v) is 6.01. The van der Waals surface area contributed by atoms with Crippen molar-refractivity contribution >= 4 is 24.5 Å². The minimum Gasteiger partial charge on any atom is -0.508 e. The summed E-state index contributed by atoms with van der Waals surface area (Å²) in [6, 6.07) is 24.9. The smallest absolute Gasteiger partial charge is 0.356 e. The van der Waals surface area contributed by atoms with Crippen LogP contribution in [0.2, 0.25) is 0 Å². The second-order valence-corrected chi connectivity index (χ2v) is 11.1. The molecule has 5 rings (SSSR count). The van der Waals surface area contributed by atoms with Gasteiger partial charge >= 0.3 is 7.60 Å². The van der Waals surface area contributed by atoms with Crippen molar-refractivity contribution in [2.45, 2.75) is 25.0 Å². The largest absolute Gasteiger partial charge is 0.508 e. The van der Waals surface area contributed by atoms with Crippen LogP contribution in [0, 0.1) is 11.7 Å². The van der Waals surface area contributed by atoms with Crippen LogP contribution in [0.15, 0.2) is 97.1 Å². The van der Waals surface area contributed by atoms with Crippen molar-refractivity contribution in [3.05, 3.63) is 114 Å². The number of aliphatic hydroxyl groups excluding tert-OH is 1. The number of amides is 1. The van der Waals surface area contributed by atoms with E-state index in [0.29, 0.717) is 17.5 Å². The predicted octanol–water partition coefficient (Wildman–Crippen LogP) is 5.22. The first-order chi connectivity index (χ1) is 18.7. The lowest BCUT2D eigenvalue weighted by Gasteiger charge is -2.48. The van der Waals surface area contributed by atoms with Gasteiger partial charge in [0.2, 0.25) is 5.91 Å². The average molecular weight is 548 g/mol. The Balaban J connectivity index is 1.50. The molecule has 4 aromatic carbocycles. The Bertz CT molecular complexity index is 1560. The van der Waals surface area contributed by atoms with Gasteiger partial charge in [0, 0.05) is 5.56 Å². The number of para-hydroxylation sites is 1. The van der Waals surface area contributed by atoms with Gasteiger partial charge in [-0.2, -0.15) is 0 Å². The lowest BCUT2D eigenvalue weighted by atomic mass is 9.77. The van der Waals surface area contributed by atoms with E-state index in [9.17, 15) is 33.7 Å². The monoisotopic (exact) mass is 547 g/mol. The molecular formula is C30H27FNO6P. The molecule has 0 spiro atoms. The van der Waals surface area contributed by atoms with Gasteiger partial charge in [-0.3, -0.25) is 9.36 Å². The Morgan fingerprint density at radius 1 is 0.897 bits per heavy atom. The van der Waals surface area contributed by atoms with E-state index in [4.69, 9.17) is 0 Å². The molecule has 1 saturated heterocycles. The van der Waals surface area contributed by atoms with E-state index in [-0.39, 0.29) is 34.6 Å². The summed E-state index contributed by atoms with van der Waals surface area (Å²) in [6.45, 7) is 0. The zero-order valence-electron chi connectivity index (χ0n) is 20.8. The summed E-state index contributed by atoms with van der Waals surface area (Å²) in [6.07, 6.45) is -0.203. The highest BCUT2D eigenvalue weighted by Crippen LogP contribution is 2.50. The molecule has 1 aliphatic heterocycles. The van der Waals surface area contributed by atoms with Crippen molar-refractivity contribution < 1.29 is 33.7 Å². The van der Waals surface area contributed by atoms with E-state index in [0.717, 1.165) is 5.56 Å². The maximum absolute atomic E-state index is 14.8. The molecular weight excluding hydrogens is 520 g/mol. The van der Waals surface area contributed by atoms with Crippen LogP contribution >= 0.6 is 7.60 Å². The molecule has 4 aromatic rings. The molecule has 0 saturated carbocycles. The minimum atomic E-state index is -4.58. The number of halogens is 1. The zero-order valence-corrected chi connectivity index (χ0v) is 21.7. The van der Waals surface area contributed by atoms with Crippen LogP contribution in [0.1, 0.15) is 36.1 Å². The van der Waals surface area contributed by atoms with Gasteiger partial charge in [0.1, 0.15) is 11.6 Å². The van der Waals surface area contributed by atoms with E-state index in [1.165, 1.54) is 41.3 Å². The van der Waals surface area contributed by atoms with Gasteiger partial charge in [-0.05, 0) is 53.8 Å². The van der Waals surface area contributed by atoms with Gasteiger partial charge in [0.25, 0.3) is 0 Å². The van der Waals surface area contributed by atoms with Crippen molar-refractivity contribution in [3.8, 4) is 16.9 Å². The summed E-state index contributed by atoms with van der Waals surface area (Å²) in [4.78, 5) is 34.2. The number of nitrogens with zero attached hydrogens (tertiary/aromatic N) is 1. The van der Waals surface area contributed by atoms with Crippen molar-refractivity contribution in [1.82, 2.24) is 0 Å². The Morgan fingerprint density at radius 2 is 1.56 bits per heavy atom. The number of phenols is 1. The molecule has 200 valence electrons. The maximum atomic E-state index is 14.8. The van der Waals surface area contributed by atoms with Crippen LogP contribution in [0.5, 0.6) is 5.75 Å². The molecule has 3 unspecified atom stereocenters. The normalized spacial score (nSPS) is 18.1. The summed E-state index contributed by atoms with van der Waals surface area (Å²) in [5.74, 6) is -1.71. The van der Waals surface area contributed by atoms with Gasteiger partial charge < -0.3 is 24.9 Å². The highest BCUT2D eigenvalue weighted by atomic mass is 31.2. The SMILES string of the molecule is O=C1C(CCC(O)c2ccccc2)C(c2ccc(-c3ccccc3P(=O)(O)O)cc2O)N1c1ccccc1F. The summed E-state index contributed by atoms with van der Waals surface area (Å²) >= 11 is 0. The second kappa shape index (κ2) is 10.8. The Kier molecular flexibility index (Phi) is 7.38. The topological polar surface area (TPSA) is 118 Å². The molecule has 39 heavy (non-hydrogen) atoms. The number of aliphatic hydroxyl groups is 1. The number of phenolic OH excluding ortho intramolecular Hbond substituents is 1. The standard InChI is InChI=1S/C30H27FNO6P/c31-24-11-5-6-12-25(24)32-29(23(30(32)35)16-17-26(33)19-8-2-1-3-9-19)22-15-14-20(18-27(22)34)21-10-4-7-13-28(21)39(36,37)38/h1-15,18,23,26,29,33-34H,16-17H2,(H2,36,37,38). The summed E-state index contributed by atoms with van der Waals surface area (Å²) < 4.78 is 26.8. The van der Waals surface area contributed by atoms with Crippen LogP contribution in [0.25, 0.3) is 11.1 Å². The van der Waals surface area contributed by atoms with Crippen LogP contribution in [0.3, 0.4) is 0 Å². The Labute approximate surface area is 225 Å². The molecule has 3 atom stereocenters. The fraction of sp³-hybridized carbons (Fsp3) is 0.167. The van der Waals surface area contributed by atoms with Crippen LogP contribution in [-0.2, 0) is 9.36 Å². The number of hydrogen-bond donors (Lipinski definition) is 4. The van der Waals surface area contributed by atoms with Crippen molar-refractivity contribution in [3.63, 3.8) is 0 Å². The molecule has 0 aliphatic carbocycles. The van der Waals surface area contributed by atoms with Crippen LogP contribution in [-0.4, -0.2) is 25.9 Å². The molecule has 1 fully saturated rings. The molecule has 0 bridgehead atoms. The van der Waals surface area contributed by atoms with E-state index in [1.807, 2.05) is 18.2 Å². The number of carbonyl (C=O) groups excluding carboxylic acids is 1. The molecule has 7 nitrogen and oxygen atoms in total. The van der Waals surface area contributed by atoms with Gasteiger partial charge in [-0.15, -0.1) is 0 Å². The summed E-state index contributed by atoms with van der Waals surface area (Å²) in [5, 5.41) is 21.6. The molecule has 1 amide bonds. The van der Waals surface area contributed by atoms with E-state index in [1.54, 1.807) is 42.5 Å². The maximum Gasteiger partial charge on any atom is 0.356 e. The van der Waals surface area contributed by atoms with Gasteiger partial charge in [-0.25, -0.2) is 4.39 Å². The number of β-lactam (4-membered cyclic amide) rings is 1. The third-order valence-corrected chi connectivity index (χ3v) is 8.16. The number of benzene rings is 4. The molecule has 1 aliphatic rings. The highest BCUT2D eigenvalue weighted by molar-refractivity contribution is 7.60. The molecule has 0 aromatic heterocycles. The second-order valence-electron chi connectivity index (χ2n) is 9.55. The first-order valence-electron chi connectivity index (χ1n) is 12.5. The van der Waals surface area contributed by atoms with Gasteiger partial charge in [0.15, 0.2) is 0 Å². The third-order valence-electron chi connectivity index (χ3n) is 7.14. The summed E-state index contributed by atoms with van der Waals surface area (Å²) in [7, 11) is -4.58. The number of rotatable bonds is 8. The number of hydrogen-bond acceptors (Lipinski definition) is 4. The number of anilines is 1. The van der Waals surface area contributed by atoms with Gasteiger partial charge in [0.05, 0.1) is 29.1 Å². The molecule has 0 radical (unpaired) electrons. The lowest BCUT2D eigenvalue weighted by molar-refractivity contribution is -0.131. The van der Waals surface area contributed by atoms with Crippen LogP contribution in [0.4, 0.5) is 10.1 Å². The van der Waals surface area contributed by atoms with Crippen molar-refractivity contribution in [2.24, 2.45) is 5.92 Å². The van der Waals surface area contributed by atoms with Gasteiger partial charge in [-0.1, -0.05) is 72.8 Å². The molecule has 4 N–H and O–H groups in total. The Morgan fingerprint density at radius 3 is 2.26 bits per heavy atom. The van der Waals surface area contributed by atoms with E-state index < -0.39 is 31.5 Å². The van der Waals surface area contributed by atoms with Crippen molar-refractivity contribution in [2.75, 3.05) is 4.90 Å². The molecule has 9 heteroatoms. The summed E-state index contributed by atoms with van der Waals surface area (Å²) in [5.41, 5.74) is 1.83. The first-order valence-corrected chi connectivity index (χ1v) is 14.1. The zero-order chi connectivity index (χ0) is 27.7. The Hall–Kier alpha value is -3.81. The quantitative estimate of drug-likeness (QED) is 0.178. The van der Waals surface area contributed by atoms with Crippen LogP contribution < -0.4 is 10.2 Å². The van der Waals surface area contributed by atoms with E-state index in [2.05, 4.69) is 0 Å². The number of carbonyl (C=O) groups is 1. The molecule has 1 heterocycles. The predicted molar refractivity (Wildman–Crippen MR) is 146 cm³/mol. The van der Waals surface area contributed by atoms with Crippen molar-refractivity contribution in [1.29, 1.82) is 0 Å². The highest BCUT2D eigenvalue weighted by Gasteiger charge is 2.50. The number of aromatic hydroxyl groups is 1. The fourth-order valence-electron chi connectivity index (χ4n) is 5.21.